The molecule has 1 saturated heterocycles. The first-order valence-electron chi connectivity index (χ1n) is 5.37. The summed E-state index contributed by atoms with van der Waals surface area (Å²) in [5.41, 5.74) is 8.48. The van der Waals surface area contributed by atoms with Gasteiger partial charge in [0.15, 0.2) is 0 Å². The van der Waals surface area contributed by atoms with Gasteiger partial charge in [0.05, 0.1) is 5.54 Å². The van der Waals surface area contributed by atoms with Gasteiger partial charge in [-0.3, -0.25) is 0 Å². The van der Waals surface area contributed by atoms with Crippen LogP contribution < -0.4 is 11.1 Å². The van der Waals surface area contributed by atoms with Gasteiger partial charge in [-0.25, -0.2) is 0 Å². The van der Waals surface area contributed by atoms with E-state index in [0.717, 1.165) is 5.75 Å². The fraction of sp³-hybridized carbons (Fsp3) is 0.500. The van der Waals surface area contributed by atoms with Crippen molar-refractivity contribution in [3.63, 3.8) is 0 Å². The van der Waals surface area contributed by atoms with Crippen molar-refractivity contribution in [2.45, 2.75) is 18.9 Å². The number of benzene rings is 1. The zero-order valence-corrected chi connectivity index (χ0v) is 9.94. The third kappa shape index (κ3) is 2.47. The predicted molar refractivity (Wildman–Crippen MR) is 68.5 cm³/mol. The Morgan fingerprint density at radius 3 is 2.67 bits per heavy atom. The van der Waals surface area contributed by atoms with Crippen LogP contribution in [-0.4, -0.2) is 23.6 Å². The van der Waals surface area contributed by atoms with E-state index >= 15 is 0 Å². The zero-order chi connectivity index (χ0) is 10.7. The molecule has 1 aromatic rings. The summed E-state index contributed by atoms with van der Waals surface area (Å²) in [7, 11) is 0. The van der Waals surface area contributed by atoms with Crippen LogP contribution in [0.5, 0.6) is 0 Å². The van der Waals surface area contributed by atoms with Gasteiger partial charge in [-0.2, -0.15) is 11.8 Å². The molecule has 1 atom stereocenters. The molecule has 1 unspecified atom stereocenters. The van der Waals surface area contributed by atoms with Crippen LogP contribution in [0.25, 0.3) is 0 Å². The molecule has 0 aromatic heterocycles. The van der Waals surface area contributed by atoms with Crippen LogP contribution in [0.4, 0.5) is 5.69 Å². The van der Waals surface area contributed by atoms with Gasteiger partial charge in [0, 0.05) is 18.0 Å². The third-order valence-corrected chi connectivity index (χ3v) is 4.20. The molecule has 3 heteroatoms. The highest BCUT2D eigenvalue weighted by Gasteiger charge is 2.32. The number of hydrogen-bond donors (Lipinski definition) is 2. The molecule has 1 heterocycles. The van der Waals surface area contributed by atoms with Crippen LogP contribution in [-0.2, 0) is 0 Å². The first-order chi connectivity index (χ1) is 7.24. The number of rotatable bonds is 3. The molecular weight excluding hydrogens is 204 g/mol. The maximum Gasteiger partial charge on any atom is 0.0593 e. The summed E-state index contributed by atoms with van der Waals surface area (Å²) < 4.78 is 0. The molecule has 0 aliphatic carbocycles. The molecule has 2 nitrogen and oxygen atoms in total. The van der Waals surface area contributed by atoms with Crippen molar-refractivity contribution in [3.8, 4) is 0 Å². The topological polar surface area (TPSA) is 38.0 Å². The van der Waals surface area contributed by atoms with Crippen molar-refractivity contribution >= 4 is 17.4 Å². The molecule has 1 aliphatic heterocycles. The molecule has 1 fully saturated rings. The Morgan fingerprint density at radius 1 is 1.40 bits per heavy atom. The average Bonchev–Trinajstić information content (AvgIpc) is 2.71. The van der Waals surface area contributed by atoms with E-state index in [9.17, 15) is 0 Å². The Labute approximate surface area is 95.6 Å². The van der Waals surface area contributed by atoms with Crippen LogP contribution in [0, 0.1) is 6.92 Å². The van der Waals surface area contributed by atoms with Crippen molar-refractivity contribution in [2.75, 3.05) is 23.4 Å². The van der Waals surface area contributed by atoms with E-state index in [1.54, 1.807) is 0 Å². The van der Waals surface area contributed by atoms with E-state index in [4.69, 9.17) is 5.73 Å². The Balaban J connectivity index is 2.09. The number of nitrogens with two attached hydrogens (primary N) is 1. The van der Waals surface area contributed by atoms with Gasteiger partial charge in [0.25, 0.3) is 0 Å². The fourth-order valence-corrected chi connectivity index (χ4v) is 3.27. The number of aryl methyl sites for hydroxylation is 1. The molecule has 1 aromatic carbocycles. The quantitative estimate of drug-likeness (QED) is 0.823. The van der Waals surface area contributed by atoms with Crippen molar-refractivity contribution in [1.82, 2.24) is 0 Å². The normalized spacial score (nSPS) is 25.5. The molecule has 0 radical (unpaired) electrons. The molecule has 2 rings (SSSR count). The lowest BCUT2D eigenvalue weighted by Gasteiger charge is -2.29. The first kappa shape index (κ1) is 10.8. The van der Waals surface area contributed by atoms with Gasteiger partial charge in [-0.05, 0) is 31.2 Å². The molecule has 82 valence electrons. The maximum atomic E-state index is 5.87. The van der Waals surface area contributed by atoms with Crippen molar-refractivity contribution in [3.05, 3.63) is 29.8 Å². The summed E-state index contributed by atoms with van der Waals surface area (Å²) in [6.45, 7) is 2.82. The summed E-state index contributed by atoms with van der Waals surface area (Å²) in [6, 6.07) is 8.54. The second-order valence-corrected chi connectivity index (χ2v) is 5.38. The standard InChI is InChI=1S/C12H18N2S/c1-10-2-4-11(5-3-10)14-12(8-13)6-7-15-9-12/h2-5,14H,6-9,13H2,1H3. The second kappa shape index (κ2) is 4.45. The smallest absolute Gasteiger partial charge is 0.0593 e. The highest BCUT2D eigenvalue weighted by Crippen LogP contribution is 2.30. The van der Waals surface area contributed by atoms with Crippen LogP contribution in [0.1, 0.15) is 12.0 Å². The molecule has 0 bridgehead atoms. The predicted octanol–water partition coefficient (Wildman–Crippen LogP) is 2.24. The molecule has 0 spiro atoms. The van der Waals surface area contributed by atoms with Crippen molar-refractivity contribution < 1.29 is 0 Å². The van der Waals surface area contributed by atoms with Gasteiger partial charge in [-0.15, -0.1) is 0 Å². The third-order valence-electron chi connectivity index (χ3n) is 2.96. The lowest BCUT2D eigenvalue weighted by atomic mass is 9.98. The minimum absolute atomic E-state index is 0.125. The monoisotopic (exact) mass is 222 g/mol. The summed E-state index contributed by atoms with van der Waals surface area (Å²) >= 11 is 1.99. The van der Waals surface area contributed by atoms with Crippen LogP contribution in [0.2, 0.25) is 0 Å². The minimum Gasteiger partial charge on any atom is -0.377 e. The molecule has 0 amide bonds. The number of nitrogens with one attached hydrogen (secondary N) is 1. The summed E-state index contributed by atoms with van der Waals surface area (Å²) in [4.78, 5) is 0. The van der Waals surface area contributed by atoms with Crippen LogP contribution >= 0.6 is 11.8 Å². The largest absolute Gasteiger partial charge is 0.377 e. The zero-order valence-electron chi connectivity index (χ0n) is 9.12. The van der Waals surface area contributed by atoms with E-state index in [0.29, 0.717) is 6.54 Å². The lowest BCUT2D eigenvalue weighted by Crippen LogP contribution is -2.45. The van der Waals surface area contributed by atoms with Crippen molar-refractivity contribution in [1.29, 1.82) is 0 Å². The van der Waals surface area contributed by atoms with Crippen LogP contribution in [0.15, 0.2) is 24.3 Å². The number of hydrogen-bond acceptors (Lipinski definition) is 3. The summed E-state index contributed by atoms with van der Waals surface area (Å²) in [5, 5.41) is 3.59. The number of anilines is 1. The average molecular weight is 222 g/mol. The molecule has 1 aliphatic rings. The van der Waals surface area contributed by atoms with Gasteiger partial charge in [0.1, 0.15) is 0 Å². The minimum atomic E-state index is 0.125. The van der Waals surface area contributed by atoms with Crippen molar-refractivity contribution in [2.24, 2.45) is 5.73 Å². The Kier molecular flexibility index (Phi) is 3.22. The van der Waals surface area contributed by atoms with Gasteiger partial charge >= 0.3 is 0 Å². The molecular formula is C12H18N2S. The molecule has 3 N–H and O–H groups in total. The van der Waals surface area contributed by atoms with E-state index in [1.165, 1.54) is 23.4 Å². The highest BCUT2D eigenvalue weighted by molar-refractivity contribution is 7.99. The molecule has 0 saturated carbocycles. The van der Waals surface area contributed by atoms with Gasteiger partial charge in [0.2, 0.25) is 0 Å². The van der Waals surface area contributed by atoms with Crippen LogP contribution in [0.3, 0.4) is 0 Å². The Bertz CT molecular complexity index is 315. The van der Waals surface area contributed by atoms with E-state index in [1.807, 2.05) is 11.8 Å². The maximum absolute atomic E-state index is 5.87. The SMILES string of the molecule is Cc1ccc(NC2(CN)CCSC2)cc1. The second-order valence-electron chi connectivity index (χ2n) is 4.28. The van der Waals surface area contributed by atoms with E-state index in [2.05, 4.69) is 36.5 Å². The fourth-order valence-electron chi connectivity index (χ4n) is 1.86. The highest BCUT2D eigenvalue weighted by atomic mass is 32.2. The first-order valence-corrected chi connectivity index (χ1v) is 6.52. The lowest BCUT2D eigenvalue weighted by molar-refractivity contribution is 0.537. The summed E-state index contributed by atoms with van der Waals surface area (Å²) in [5.74, 6) is 2.34. The van der Waals surface area contributed by atoms with Gasteiger partial charge < -0.3 is 11.1 Å². The Morgan fingerprint density at radius 2 is 2.13 bits per heavy atom. The summed E-state index contributed by atoms with van der Waals surface area (Å²) in [6.07, 6.45) is 1.17. The Hall–Kier alpha value is -0.670. The number of thioether (sulfide) groups is 1. The van der Waals surface area contributed by atoms with E-state index in [-0.39, 0.29) is 5.54 Å². The van der Waals surface area contributed by atoms with E-state index < -0.39 is 0 Å². The van der Waals surface area contributed by atoms with Gasteiger partial charge in [-0.1, -0.05) is 17.7 Å². The molecule has 15 heavy (non-hydrogen) atoms.